The maximum Gasteiger partial charge on any atom is 0.338 e. The third-order valence-corrected chi connectivity index (χ3v) is 7.00. The van der Waals surface area contributed by atoms with Gasteiger partial charge in [-0.25, -0.2) is 9.78 Å². The summed E-state index contributed by atoms with van der Waals surface area (Å²) < 4.78 is 7.37. The number of nitrogens with zero attached hydrogens (tertiary/aromatic N) is 2. The highest BCUT2D eigenvalue weighted by Crippen LogP contribution is 2.46. The number of esters is 1. The van der Waals surface area contributed by atoms with Crippen molar-refractivity contribution in [3.63, 3.8) is 0 Å². The molecule has 5 heteroatoms. The molecule has 1 heterocycles. The van der Waals surface area contributed by atoms with Crippen LogP contribution in [0.25, 0.3) is 11.0 Å². The molecule has 1 aliphatic carbocycles. The van der Waals surface area contributed by atoms with E-state index in [2.05, 4.69) is 74.8 Å². The van der Waals surface area contributed by atoms with Crippen LogP contribution in [0.3, 0.4) is 0 Å². The third kappa shape index (κ3) is 4.78. The highest BCUT2D eigenvalue weighted by Gasteiger charge is 2.35. The van der Waals surface area contributed by atoms with E-state index >= 15 is 0 Å². The first-order valence-corrected chi connectivity index (χ1v) is 12.1. The predicted octanol–water partition coefficient (Wildman–Crippen LogP) is 7.39. The molecule has 3 aromatic rings. The van der Waals surface area contributed by atoms with Crippen molar-refractivity contribution in [3.05, 3.63) is 53.1 Å². The normalized spacial score (nSPS) is 20.2. The van der Waals surface area contributed by atoms with Crippen molar-refractivity contribution < 1.29 is 9.53 Å². The lowest BCUT2D eigenvalue weighted by atomic mass is 9.70. The van der Waals surface area contributed by atoms with Crippen LogP contribution in [0.1, 0.15) is 87.3 Å². The SMILES string of the molecule is COC(=O)c1cc2nc(Nc3ccc(C(C)C)cc3)n([C@@H]3C[C@H](C)CC(C)(C)C3)c2cc1C. The second kappa shape index (κ2) is 8.85. The van der Waals surface area contributed by atoms with Gasteiger partial charge in [0.25, 0.3) is 0 Å². The molecule has 0 amide bonds. The number of hydrogen-bond acceptors (Lipinski definition) is 4. The molecule has 1 fully saturated rings. The van der Waals surface area contributed by atoms with Gasteiger partial charge in [-0.1, -0.05) is 46.8 Å². The summed E-state index contributed by atoms with van der Waals surface area (Å²) in [7, 11) is 1.42. The number of ether oxygens (including phenoxy) is 1. The monoisotopic (exact) mass is 447 g/mol. The number of aromatic nitrogens is 2. The molecule has 4 rings (SSSR count). The zero-order chi connectivity index (χ0) is 23.9. The fourth-order valence-electron chi connectivity index (χ4n) is 5.61. The second-order valence-corrected chi connectivity index (χ2v) is 10.9. The summed E-state index contributed by atoms with van der Waals surface area (Å²) in [4.78, 5) is 17.3. The summed E-state index contributed by atoms with van der Waals surface area (Å²) in [6.07, 6.45) is 3.45. The van der Waals surface area contributed by atoms with Crippen LogP contribution in [-0.4, -0.2) is 22.6 Å². The smallest absolute Gasteiger partial charge is 0.338 e. The van der Waals surface area contributed by atoms with Gasteiger partial charge in [-0.05, 0) is 78.8 Å². The van der Waals surface area contributed by atoms with E-state index < -0.39 is 0 Å². The minimum Gasteiger partial charge on any atom is -0.465 e. The third-order valence-electron chi connectivity index (χ3n) is 7.00. The average Bonchev–Trinajstić information content (AvgIpc) is 3.08. The summed E-state index contributed by atoms with van der Waals surface area (Å²) >= 11 is 0. The largest absolute Gasteiger partial charge is 0.465 e. The Hall–Kier alpha value is -2.82. The molecule has 0 spiro atoms. The van der Waals surface area contributed by atoms with Crippen molar-refractivity contribution >= 4 is 28.6 Å². The quantitative estimate of drug-likeness (QED) is 0.414. The maximum absolute atomic E-state index is 12.3. The van der Waals surface area contributed by atoms with E-state index in [9.17, 15) is 4.79 Å². The van der Waals surface area contributed by atoms with E-state index in [1.165, 1.54) is 19.1 Å². The average molecular weight is 448 g/mol. The lowest BCUT2D eigenvalue weighted by Crippen LogP contribution is -2.29. The summed E-state index contributed by atoms with van der Waals surface area (Å²) in [5.74, 6) is 1.65. The molecule has 2 atom stereocenters. The van der Waals surface area contributed by atoms with E-state index in [1.54, 1.807) is 0 Å². The maximum atomic E-state index is 12.3. The van der Waals surface area contributed by atoms with E-state index in [0.29, 0.717) is 23.4 Å². The van der Waals surface area contributed by atoms with E-state index in [0.717, 1.165) is 41.1 Å². The molecule has 0 radical (unpaired) electrons. The lowest BCUT2D eigenvalue weighted by molar-refractivity contribution is 0.0600. The first-order chi connectivity index (χ1) is 15.6. The van der Waals surface area contributed by atoms with Crippen molar-refractivity contribution in [3.8, 4) is 0 Å². The Morgan fingerprint density at radius 1 is 1.18 bits per heavy atom. The predicted molar refractivity (Wildman–Crippen MR) is 135 cm³/mol. The van der Waals surface area contributed by atoms with Crippen molar-refractivity contribution in [2.24, 2.45) is 11.3 Å². The Balaban J connectivity index is 1.83. The van der Waals surface area contributed by atoms with Crippen molar-refractivity contribution in [1.82, 2.24) is 9.55 Å². The summed E-state index contributed by atoms with van der Waals surface area (Å²) in [6, 6.07) is 12.9. The van der Waals surface area contributed by atoms with Crippen LogP contribution in [0, 0.1) is 18.3 Å². The van der Waals surface area contributed by atoms with Gasteiger partial charge in [-0.15, -0.1) is 0 Å². The molecule has 1 saturated carbocycles. The molecule has 1 N–H and O–H groups in total. The number of fused-ring (bicyclic) bond motifs is 1. The van der Waals surface area contributed by atoms with Gasteiger partial charge < -0.3 is 14.6 Å². The van der Waals surface area contributed by atoms with Gasteiger partial charge in [0.2, 0.25) is 5.95 Å². The fraction of sp³-hybridized carbons (Fsp3) is 0.500. The number of imidazole rings is 1. The molecule has 0 bridgehead atoms. The number of benzene rings is 2. The van der Waals surface area contributed by atoms with Crippen LogP contribution >= 0.6 is 0 Å². The molecular weight excluding hydrogens is 410 g/mol. The number of carbonyl (C=O) groups is 1. The minimum absolute atomic E-state index is 0.274. The molecule has 33 heavy (non-hydrogen) atoms. The zero-order valence-electron chi connectivity index (χ0n) is 21.0. The van der Waals surface area contributed by atoms with Crippen LogP contribution in [0.5, 0.6) is 0 Å². The number of methoxy groups -OCH3 is 1. The number of anilines is 2. The Labute approximate surface area is 197 Å². The van der Waals surface area contributed by atoms with Gasteiger partial charge in [-0.2, -0.15) is 0 Å². The van der Waals surface area contributed by atoms with Crippen molar-refractivity contribution in [2.45, 2.75) is 72.8 Å². The van der Waals surface area contributed by atoms with E-state index in [-0.39, 0.29) is 11.4 Å². The Morgan fingerprint density at radius 3 is 2.48 bits per heavy atom. The standard InChI is InChI=1S/C28H37N3O2/c1-17(2)20-8-10-21(11-9-20)29-27-30-24-14-23(26(32)33-7)19(4)13-25(24)31(27)22-12-18(3)15-28(5,6)16-22/h8-11,13-14,17-18,22H,12,15-16H2,1-7H3,(H,29,30)/t18-,22+/m0/s1. The summed E-state index contributed by atoms with van der Waals surface area (Å²) in [5.41, 5.74) is 5.97. The lowest BCUT2D eigenvalue weighted by Gasteiger charge is -2.40. The molecule has 0 saturated heterocycles. The highest BCUT2D eigenvalue weighted by atomic mass is 16.5. The molecular formula is C28H37N3O2. The van der Waals surface area contributed by atoms with E-state index in [4.69, 9.17) is 9.72 Å². The molecule has 1 aliphatic rings. The molecule has 0 unspecified atom stereocenters. The highest BCUT2D eigenvalue weighted by molar-refractivity contribution is 5.96. The van der Waals surface area contributed by atoms with Crippen LogP contribution in [0.15, 0.2) is 36.4 Å². The van der Waals surface area contributed by atoms with E-state index in [1.807, 2.05) is 13.0 Å². The molecule has 0 aliphatic heterocycles. The van der Waals surface area contributed by atoms with Crippen molar-refractivity contribution in [2.75, 3.05) is 12.4 Å². The molecule has 5 nitrogen and oxygen atoms in total. The summed E-state index contributed by atoms with van der Waals surface area (Å²) in [5, 5.41) is 3.59. The van der Waals surface area contributed by atoms with Gasteiger partial charge in [0.1, 0.15) is 0 Å². The van der Waals surface area contributed by atoms with Gasteiger partial charge in [-0.3, -0.25) is 0 Å². The number of aryl methyl sites for hydroxylation is 1. The molecule has 1 aromatic heterocycles. The van der Waals surface area contributed by atoms with Crippen LogP contribution < -0.4 is 5.32 Å². The fourth-order valence-corrected chi connectivity index (χ4v) is 5.61. The number of carbonyl (C=O) groups excluding carboxylic acids is 1. The minimum atomic E-state index is -0.324. The zero-order valence-corrected chi connectivity index (χ0v) is 21.0. The number of hydrogen-bond donors (Lipinski definition) is 1. The molecule has 176 valence electrons. The van der Waals surface area contributed by atoms with Crippen LogP contribution in [0.4, 0.5) is 11.6 Å². The molecule has 2 aromatic carbocycles. The first-order valence-electron chi connectivity index (χ1n) is 12.1. The Bertz CT molecular complexity index is 1160. The van der Waals surface area contributed by atoms with Gasteiger partial charge >= 0.3 is 5.97 Å². The topological polar surface area (TPSA) is 56.1 Å². The first kappa shape index (κ1) is 23.3. The summed E-state index contributed by atoms with van der Waals surface area (Å²) in [6.45, 7) is 13.5. The van der Waals surface area contributed by atoms with Gasteiger partial charge in [0.15, 0.2) is 0 Å². The van der Waals surface area contributed by atoms with Crippen LogP contribution in [0.2, 0.25) is 0 Å². The second-order valence-electron chi connectivity index (χ2n) is 10.9. The Morgan fingerprint density at radius 2 is 1.88 bits per heavy atom. The Kier molecular flexibility index (Phi) is 6.26. The van der Waals surface area contributed by atoms with Gasteiger partial charge in [0.05, 0.1) is 23.7 Å². The number of nitrogens with one attached hydrogen (secondary N) is 1. The number of rotatable bonds is 5. The van der Waals surface area contributed by atoms with Gasteiger partial charge in [0, 0.05) is 11.7 Å². The van der Waals surface area contributed by atoms with Crippen molar-refractivity contribution in [1.29, 1.82) is 0 Å². The van der Waals surface area contributed by atoms with Crippen LogP contribution in [-0.2, 0) is 4.74 Å².